The van der Waals surface area contributed by atoms with Crippen LogP contribution in [0.5, 0.6) is 0 Å². The summed E-state index contributed by atoms with van der Waals surface area (Å²) < 4.78 is 26.6. The van der Waals surface area contributed by atoms with E-state index in [1.807, 2.05) is 0 Å². The van der Waals surface area contributed by atoms with Gasteiger partial charge >= 0.3 is 0 Å². The third kappa shape index (κ3) is 4.10. The van der Waals surface area contributed by atoms with E-state index in [0.717, 1.165) is 0 Å². The van der Waals surface area contributed by atoms with E-state index in [-0.39, 0.29) is 14.9 Å². The van der Waals surface area contributed by atoms with E-state index >= 15 is 0 Å². The first-order valence-electron chi connectivity index (χ1n) is 5.38. The van der Waals surface area contributed by atoms with Crippen molar-refractivity contribution in [3.05, 3.63) is 28.2 Å². The second kappa shape index (κ2) is 6.21. The predicted octanol–water partition coefficient (Wildman–Crippen LogP) is 2.43. The molecular weight excluding hydrogens is 297 g/mol. The van der Waals surface area contributed by atoms with Crippen LogP contribution < -0.4 is 4.72 Å². The van der Waals surface area contributed by atoms with Crippen molar-refractivity contribution in [1.82, 2.24) is 4.72 Å². The number of aliphatic hydroxyl groups is 1. The van der Waals surface area contributed by atoms with Gasteiger partial charge < -0.3 is 5.11 Å². The van der Waals surface area contributed by atoms with Crippen LogP contribution in [0.2, 0.25) is 10.0 Å². The molecule has 0 heterocycles. The molecule has 2 unspecified atom stereocenters. The topological polar surface area (TPSA) is 66.4 Å². The zero-order chi connectivity index (χ0) is 13.9. The van der Waals surface area contributed by atoms with Gasteiger partial charge in [0, 0.05) is 6.04 Å². The van der Waals surface area contributed by atoms with Gasteiger partial charge in [0.1, 0.15) is 4.90 Å². The van der Waals surface area contributed by atoms with Gasteiger partial charge in [0.05, 0.1) is 16.1 Å². The minimum Gasteiger partial charge on any atom is -0.393 e. The molecule has 18 heavy (non-hydrogen) atoms. The van der Waals surface area contributed by atoms with Crippen LogP contribution >= 0.6 is 23.2 Å². The Kier molecular flexibility index (Phi) is 5.43. The molecule has 4 nitrogen and oxygen atoms in total. The Labute approximate surface area is 117 Å². The highest BCUT2D eigenvalue weighted by Crippen LogP contribution is 2.28. The number of sulfonamides is 1. The molecule has 0 aliphatic carbocycles. The van der Waals surface area contributed by atoms with Gasteiger partial charge in [-0.3, -0.25) is 0 Å². The van der Waals surface area contributed by atoms with Crippen molar-refractivity contribution in [3.63, 3.8) is 0 Å². The Morgan fingerprint density at radius 1 is 1.33 bits per heavy atom. The van der Waals surface area contributed by atoms with Crippen LogP contribution in [0.15, 0.2) is 23.1 Å². The molecule has 1 rings (SSSR count). The van der Waals surface area contributed by atoms with Crippen molar-refractivity contribution in [2.24, 2.45) is 0 Å². The van der Waals surface area contributed by atoms with Crippen molar-refractivity contribution < 1.29 is 13.5 Å². The molecule has 0 aliphatic rings. The number of aliphatic hydroxyl groups excluding tert-OH is 1. The summed E-state index contributed by atoms with van der Waals surface area (Å²) in [5.41, 5.74) is 0. The zero-order valence-corrected chi connectivity index (χ0v) is 12.4. The average molecular weight is 312 g/mol. The largest absolute Gasteiger partial charge is 0.393 e. The SMILES string of the molecule is CC(O)CC(C)NS(=O)(=O)c1cccc(Cl)c1Cl. The van der Waals surface area contributed by atoms with Gasteiger partial charge in [-0.25, -0.2) is 13.1 Å². The Balaban J connectivity index is 2.97. The van der Waals surface area contributed by atoms with Gasteiger partial charge in [-0.15, -0.1) is 0 Å². The van der Waals surface area contributed by atoms with Crippen LogP contribution in [0, 0.1) is 0 Å². The fourth-order valence-electron chi connectivity index (χ4n) is 1.58. The summed E-state index contributed by atoms with van der Waals surface area (Å²) in [6.45, 7) is 3.26. The van der Waals surface area contributed by atoms with Crippen molar-refractivity contribution in [2.45, 2.75) is 37.3 Å². The molecule has 0 spiro atoms. The molecule has 102 valence electrons. The van der Waals surface area contributed by atoms with Gasteiger partial charge in [0.25, 0.3) is 0 Å². The summed E-state index contributed by atoms with van der Waals surface area (Å²) in [6, 6.07) is 4.01. The number of halogens is 2. The van der Waals surface area contributed by atoms with Gasteiger partial charge in [-0.2, -0.15) is 0 Å². The minimum absolute atomic E-state index is 0.00378. The summed E-state index contributed by atoms with van der Waals surface area (Å²) in [6.07, 6.45) is -0.269. The summed E-state index contributed by atoms with van der Waals surface area (Å²) in [4.78, 5) is -0.0610. The van der Waals surface area contributed by atoms with E-state index in [0.29, 0.717) is 6.42 Å². The lowest BCUT2D eigenvalue weighted by atomic mass is 10.2. The summed E-state index contributed by atoms with van der Waals surface area (Å²) in [5.74, 6) is 0. The van der Waals surface area contributed by atoms with Crippen LogP contribution in [0.4, 0.5) is 0 Å². The maximum atomic E-state index is 12.1. The van der Waals surface area contributed by atoms with E-state index in [9.17, 15) is 13.5 Å². The number of nitrogens with one attached hydrogen (secondary N) is 1. The molecule has 2 N–H and O–H groups in total. The highest BCUT2D eigenvalue weighted by molar-refractivity contribution is 7.89. The summed E-state index contributed by atoms with van der Waals surface area (Å²) >= 11 is 11.6. The minimum atomic E-state index is -3.74. The summed E-state index contributed by atoms with van der Waals surface area (Å²) in [5, 5.41) is 9.39. The number of hydrogen-bond acceptors (Lipinski definition) is 3. The Hall–Kier alpha value is -0.330. The van der Waals surface area contributed by atoms with Gasteiger partial charge in [-0.05, 0) is 32.4 Å². The van der Waals surface area contributed by atoms with E-state index < -0.39 is 22.2 Å². The lowest BCUT2D eigenvalue weighted by Gasteiger charge is -2.16. The first-order valence-corrected chi connectivity index (χ1v) is 7.62. The molecule has 0 saturated carbocycles. The predicted molar refractivity (Wildman–Crippen MR) is 72.5 cm³/mol. The molecule has 1 aromatic carbocycles. The molecule has 0 radical (unpaired) electrons. The monoisotopic (exact) mass is 311 g/mol. The highest BCUT2D eigenvalue weighted by Gasteiger charge is 2.22. The van der Waals surface area contributed by atoms with Gasteiger partial charge in [0.15, 0.2) is 0 Å². The average Bonchev–Trinajstić information content (AvgIpc) is 2.19. The molecular formula is C11H15Cl2NO3S. The first-order chi connectivity index (χ1) is 8.24. The second-order valence-electron chi connectivity index (χ2n) is 4.16. The second-order valence-corrected chi connectivity index (χ2v) is 6.63. The maximum Gasteiger partial charge on any atom is 0.242 e. The molecule has 7 heteroatoms. The first kappa shape index (κ1) is 15.7. The summed E-state index contributed by atoms with van der Waals surface area (Å²) in [7, 11) is -3.74. The number of hydrogen-bond donors (Lipinski definition) is 2. The van der Waals surface area contributed by atoms with Crippen molar-refractivity contribution in [2.75, 3.05) is 0 Å². The Morgan fingerprint density at radius 3 is 2.50 bits per heavy atom. The molecule has 1 aromatic rings. The van der Waals surface area contributed by atoms with Crippen LogP contribution in [0.25, 0.3) is 0 Å². The smallest absolute Gasteiger partial charge is 0.242 e. The van der Waals surface area contributed by atoms with Crippen molar-refractivity contribution in [3.8, 4) is 0 Å². The molecule has 0 bridgehead atoms. The van der Waals surface area contributed by atoms with Crippen molar-refractivity contribution in [1.29, 1.82) is 0 Å². The van der Waals surface area contributed by atoms with Crippen LogP contribution in [-0.4, -0.2) is 25.7 Å². The lowest BCUT2D eigenvalue weighted by molar-refractivity contribution is 0.175. The Bertz CT molecular complexity index is 517. The fourth-order valence-corrected chi connectivity index (χ4v) is 3.60. The molecule has 0 aromatic heterocycles. The molecule has 2 atom stereocenters. The zero-order valence-electron chi connectivity index (χ0n) is 10.0. The number of benzene rings is 1. The third-order valence-corrected chi connectivity index (χ3v) is 4.82. The van der Waals surface area contributed by atoms with Crippen LogP contribution in [0.3, 0.4) is 0 Å². The van der Waals surface area contributed by atoms with E-state index in [1.165, 1.54) is 18.2 Å². The third-order valence-electron chi connectivity index (χ3n) is 2.26. The highest BCUT2D eigenvalue weighted by atomic mass is 35.5. The Morgan fingerprint density at radius 2 is 1.94 bits per heavy atom. The van der Waals surface area contributed by atoms with Crippen LogP contribution in [0.1, 0.15) is 20.3 Å². The maximum absolute atomic E-state index is 12.1. The van der Waals surface area contributed by atoms with E-state index in [2.05, 4.69) is 4.72 Å². The number of rotatable bonds is 5. The van der Waals surface area contributed by atoms with Gasteiger partial charge in [0.2, 0.25) is 10.0 Å². The van der Waals surface area contributed by atoms with Gasteiger partial charge in [-0.1, -0.05) is 29.3 Å². The normalized spacial score (nSPS) is 15.4. The molecule has 0 saturated heterocycles. The lowest BCUT2D eigenvalue weighted by Crippen LogP contribution is -2.34. The standard InChI is InChI=1S/C11H15Cl2NO3S/c1-7(6-8(2)15)14-18(16,17)10-5-3-4-9(12)11(10)13/h3-5,7-8,14-15H,6H2,1-2H3. The van der Waals surface area contributed by atoms with E-state index in [1.54, 1.807) is 13.8 Å². The van der Waals surface area contributed by atoms with Crippen molar-refractivity contribution >= 4 is 33.2 Å². The van der Waals surface area contributed by atoms with E-state index in [4.69, 9.17) is 23.2 Å². The van der Waals surface area contributed by atoms with Crippen LogP contribution in [-0.2, 0) is 10.0 Å². The molecule has 0 fully saturated rings. The quantitative estimate of drug-likeness (QED) is 0.877. The fraction of sp³-hybridized carbons (Fsp3) is 0.455. The molecule has 0 aliphatic heterocycles. The molecule has 0 amide bonds.